The normalized spacial score (nSPS) is 10.8. The maximum Gasteiger partial charge on any atom is 0.276 e. The molecule has 4 aromatic rings. The highest BCUT2D eigenvalue weighted by molar-refractivity contribution is 6.08. The number of carbonyl (C=O) groups is 2. The van der Waals surface area contributed by atoms with Gasteiger partial charge in [0.25, 0.3) is 17.5 Å². The van der Waals surface area contributed by atoms with Gasteiger partial charge in [-0.1, -0.05) is 36.4 Å². The topological polar surface area (TPSA) is 127 Å². The van der Waals surface area contributed by atoms with Gasteiger partial charge in [0.2, 0.25) is 0 Å². The molecule has 0 saturated carbocycles. The second-order valence-corrected chi connectivity index (χ2v) is 6.88. The molecule has 0 spiro atoms. The summed E-state index contributed by atoms with van der Waals surface area (Å²) in [5.41, 5.74) is 6.84. The first-order valence-corrected chi connectivity index (χ1v) is 9.86. The molecule has 0 saturated heterocycles. The summed E-state index contributed by atoms with van der Waals surface area (Å²) in [7, 11) is 0. The van der Waals surface area contributed by atoms with Crippen LogP contribution in [0.15, 0.2) is 85.1 Å². The molecule has 0 aliphatic carbocycles. The number of nitrogens with one attached hydrogen (secondary N) is 2. The number of carbonyl (C=O) groups excluding carboxylic acids is 2. The van der Waals surface area contributed by atoms with Crippen LogP contribution in [0.2, 0.25) is 0 Å². The molecule has 0 radical (unpaired) electrons. The summed E-state index contributed by atoms with van der Waals surface area (Å²) < 4.78 is 0. The molecule has 0 unspecified atom stereocenters. The van der Waals surface area contributed by atoms with Gasteiger partial charge in [-0.05, 0) is 36.4 Å². The standard InChI is InChI=1S/C24H17N5O4/c30-23(13-12-16-7-1-4-11-22(16)29(32)33)27-28-24(31)18-15-21(20-10-5-6-14-25-20)26-19-9-3-2-8-17(18)19/h1-15H,(H,27,30)(H,28,31)/b13-12+. The van der Waals surface area contributed by atoms with E-state index in [9.17, 15) is 19.7 Å². The van der Waals surface area contributed by atoms with Crippen LogP contribution in [0.4, 0.5) is 5.69 Å². The first-order chi connectivity index (χ1) is 16.0. The maximum atomic E-state index is 12.9. The molecule has 162 valence electrons. The summed E-state index contributed by atoms with van der Waals surface area (Å²) in [6, 6.07) is 20.2. The number of para-hydroxylation sites is 2. The largest absolute Gasteiger partial charge is 0.276 e. The van der Waals surface area contributed by atoms with Crippen LogP contribution in [0.25, 0.3) is 28.4 Å². The van der Waals surface area contributed by atoms with Gasteiger partial charge in [0, 0.05) is 23.7 Å². The van der Waals surface area contributed by atoms with Crippen LogP contribution in [0, 0.1) is 10.1 Å². The smallest absolute Gasteiger partial charge is 0.268 e. The van der Waals surface area contributed by atoms with Gasteiger partial charge in [0.05, 0.1) is 33.0 Å². The zero-order valence-corrected chi connectivity index (χ0v) is 17.1. The molecule has 2 amide bonds. The summed E-state index contributed by atoms with van der Waals surface area (Å²) in [4.78, 5) is 44.5. The molecule has 0 aliphatic heterocycles. The van der Waals surface area contributed by atoms with Crippen molar-refractivity contribution in [2.24, 2.45) is 0 Å². The predicted octanol–water partition coefficient (Wildman–Crippen LogP) is 3.68. The quantitative estimate of drug-likeness (QED) is 0.277. The molecule has 0 fully saturated rings. The molecule has 4 rings (SSSR count). The summed E-state index contributed by atoms with van der Waals surface area (Å²) in [6.45, 7) is 0. The molecule has 33 heavy (non-hydrogen) atoms. The fourth-order valence-electron chi connectivity index (χ4n) is 3.20. The fourth-order valence-corrected chi connectivity index (χ4v) is 3.20. The lowest BCUT2D eigenvalue weighted by Gasteiger charge is -2.10. The highest BCUT2D eigenvalue weighted by Crippen LogP contribution is 2.23. The number of pyridine rings is 2. The Morgan fingerprint density at radius 1 is 0.909 bits per heavy atom. The van der Waals surface area contributed by atoms with E-state index in [0.717, 1.165) is 6.08 Å². The second-order valence-electron chi connectivity index (χ2n) is 6.88. The van der Waals surface area contributed by atoms with Crippen molar-refractivity contribution < 1.29 is 14.5 Å². The number of aromatic nitrogens is 2. The highest BCUT2D eigenvalue weighted by Gasteiger charge is 2.15. The summed E-state index contributed by atoms with van der Waals surface area (Å²) >= 11 is 0. The lowest BCUT2D eigenvalue weighted by atomic mass is 10.1. The van der Waals surface area contributed by atoms with Crippen molar-refractivity contribution in [1.82, 2.24) is 20.8 Å². The van der Waals surface area contributed by atoms with Gasteiger partial charge in [0.1, 0.15) is 0 Å². The average Bonchev–Trinajstić information content (AvgIpc) is 2.86. The molecule has 0 atom stereocenters. The third-order valence-corrected chi connectivity index (χ3v) is 4.74. The van der Waals surface area contributed by atoms with Gasteiger partial charge in [-0.25, -0.2) is 4.98 Å². The Labute approximate surface area is 187 Å². The Hall–Kier alpha value is -4.92. The Kier molecular flexibility index (Phi) is 6.12. The van der Waals surface area contributed by atoms with Crippen LogP contribution < -0.4 is 10.9 Å². The van der Waals surface area contributed by atoms with Crippen LogP contribution >= 0.6 is 0 Å². The fraction of sp³-hybridized carbons (Fsp3) is 0. The maximum absolute atomic E-state index is 12.9. The molecule has 0 bridgehead atoms. The summed E-state index contributed by atoms with van der Waals surface area (Å²) in [5.74, 6) is -1.19. The average molecular weight is 439 g/mol. The minimum atomic E-state index is -0.648. The number of benzene rings is 2. The SMILES string of the molecule is O=C(/C=C/c1ccccc1[N+](=O)[O-])NNC(=O)c1cc(-c2ccccn2)nc2ccccc12. The number of hydrogen-bond donors (Lipinski definition) is 2. The summed E-state index contributed by atoms with van der Waals surface area (Å²) in [6.07, 6.45) is 4.04. The van der Waals surface area contributed by atoms with E-state index in [2.05, 4.69) is 20.8 Å². The molecule has 9 heteroatoms. The number of nitro groups is 1. The zero-order valence-electron chi connectivity index (χ0n) is 17.1. The van der Waals surface area contributed by atoms with E-state index in [-0.39, 0.29) is 11.3 Å². The number of nitro benzene ring substituents is 1. The molecule has 2 heterocycles. The van der Waals surface area contributed by atoms with Crippen LogP contribution in [-0.4, -0.2) is 26.7 Å². The van der Waals surface area contributed by atoms with Crippen LogP contribution in [0.5, 0.6) is 0 Å². The monoisotopic (exact) mass is 439 g/mol. The third-order valence-electron chi connectivity index (χ3n) is 4.74. The third kappa shape index (κ3) is 4.88. The van der Waals surface area contributed by atoms with Crippen molar-refractivity contribution in [3.63, 3.8) is 0 Å². The molecule has 9 nitrogen and oxygen atoms in total. The predicted molar refractivity (Wildman–Crippen MR) is 123 cm³/mol. The minimum absolute atomic E-state index is 0.129. The number of hydrazine groups is 1. The number of fused-ring (bicyclic) bond motifs is 1. The number of rotatable bonds is 5. The number of hydrogen-bond acceptors (Lipinski definition) is 6. The lowest BCUT2D eigenvalue weighted by Crippen LogP contribution is -2.40. The van der Waals surface area contributed by atoms with Gasteiger partial charge < -0.3 is 0 Å². The van der Waals surface area contributed by atoms with Crippen molar-refractivity contribution in [3.8, 4) is 11.4 Å². The van der Waals surface area contributed by atoms with E-state index >= 15 is 0 Å². The molecular weight excluding hydrogens is 422 g/mol. The van der Waals surface area contributed by atoms with E-state index < -0.39 is 16.7 Å². The van der Waals surface area contributed by atoms with Crippen molar-refractivity contribution in [1.29, 1.82) is 0 Å². The van der Waals surface area contributed by atoms with Crippen LogP contribution in [0.1, 0.15) is 15.9 Å². The van der Waals surface area contributed by atoms with E-state index in [1.54, 1.807) is 48.7 Å². The molecule has 2 N–H and O–H groups in total. The Balaban J connectivity index is 1.53. The molecule has 0 aliphatic rings. The van der Waals surface area contributed by atoms with Crippen molar-refractivity contribution >= 4 is 34.5 Å². The summed E-state index contributed by atoms with van der Waals surface area (Å²) in [5, 5.41) is 11.7. The van der Waals surface area contributed by atoms with Crippen LogP contribution in [0.3, 0.4) is 0 Å². The number of amides is 2. The number of nitrogens with zero attached hydrogens (tertiary/aromatic N) is 3. The van der Waals surface area contributed by atoms with E-state index in [4.69, 9.17) is 0 Å². The van der Waals surface area contributed by atoms with E-state index in [1.165, 1.54) is 24.3 Å². The highest BCUT2D eigenvalue weighted by atomic mass is 16.6. The first kappa shape index (κ1) is 21.3. The zero-order chi connectivity index (χ0) is 23.2. The van der Waals surface area contributed by atoms with E-state index in [1.807, 2.05) is 12.1 Å². The van der Waals surface area contributed by atoms with Crippen LogP contribution in [-0.2, 0) is 4.79 Å². The van der Waals surface area contributed by atoms with Gasteiger partial charge >= 0.3 is 0 Å². The van der Waals surface area contributed by atoms with Gasteiger partial charge in [-0.15, -0.1) is 0 Å². The lowest BCUT2D eigenvalue weighted by molar-refractivity contribution is -0.385. The minimum Gasteiger partial charge on any atom is -0.268 e. The van der Waals surface area contributed by atoms with Gasteiger partial charge in [-0.2, -0.15) is 0 Å². The molecule has 2 aromatic heterocycles. The first-order valence-electron chi connectivity index (χ1n) is 9.86. The van der Waals surface area contributed by atoms with Gasteiger partial charge in [0.15, 0.2) is 0 Å². The molecular formula is C24H17N5O4. The van der Waals surface area contributed by atoms with Gasteiger partial charge in [-0.3, -0.25) is 35.5 Å². The Bertz CT molecular complexity index is 1390. The Morgan fingerprint density at radius 2 is 1.67 bits per heavy atom. The van der Waals surface area contributed by atoms with Crippen molar-refractivity contribution in [3.05, 3.63) is 106 Å². The van der Waals surface area contributed by atoms with E-state index in [0.29, 0.717) is 27.9 Å². The Morgan fingerprint density at radius 3 is 2.45 bits per heavy atom. The van der Waals surface area contributed by atoms with Crippen molar-refractivity contribution in [2.75, 3.05) is 0 Å². The second kappa shape index (κ2) is 9.48. The van der Waals surface area contributed by atoms with Crippen molar-refractivity contribution in [2.45, 2.75) is 0 Å². The molecule has 2 aromatic carbocycles.